The lowest BCUT2D eigenvalue weighted by molar-refractivity contribution is -0.148. The van der Waals surface area contributed by atoms with Crippen LogP contribution in [0.25, 0.3) is 0 Å². The highest BCUT2D eigenvalue weighted by Gasteiger charge is 2.57. The van der Waals surface area contributed by atoms with Gasteiger partial charge in [0.05, 0.1) is 24.0 Å². The Morgan fingerprint density at radius 1 is 1.09 bits per heavy atom. The molecule has 2 bridgehead atoms. The molecule has 4 rings (SSSR count). The van der Waals surface area contributed by atoms with Gasteiger partial charge in [-0.05, 0) is 81.6 Å². The first-order valence-electron chi connectivity index (χ1n) is 12.5. The molecule has 0 saturated heterocycles. The van der Waals surface area contributed by atoms with E-state index in [0.717, 1.165) is 53.7 Å². The number of ether oxygens (including phenoxy) is 1. The van der Waals surface area contributed by atoms with E-state index in [9.17, 15) is 19.5 Å². The van der Waals surface area contributed by atoms with Gasteiger partial charge in [0.15, 0.2) is 0 Å². The second-order valence-electron chi connectivity index (χ2n) is 11.4. The van der Waals surface area contributed by atoms with E-state index in [1.165, 1.54) is 11.3 Å². The van der Waals surface area contributed by atoms with Crippen LogP contribution in [0.1, 0.15) is 81.6 Å². The highest BCUT2D eigenvalue weighted by atomic mass is 32.1. The van der Waals surface area contributed by atoms with Crippen LogP contribution >= 0.6 is 11.3 Å². The molecule has 3 aliphatic rings. The third-order valence-electron chi connectivity index (χ3n) is 8.21. The average molecular weight is 488 g/mol. The molecule has 0 aromatic carbocycles. The summed E-state index contributed by atoms with van der Waals surface area (Å²) in [6.45, 7) is 12.8. The summed E-state index contributed by atoms with van der Waals surface area (Å²) >= 11 is 1.47. The van der Waals surface area contributed by atoms with Gasteiger partial charge < -0.3 is 15.2 Å². The minimum absolute atomic E-state index is 0.0398. The van der Waals surface area contributed by atoms with E-state index in [0.29, 0.717) is 16.5 Å². The Labute approximate surface area is 206 Å². The SMILES string of the molecule is CCOC(=O)c1c(NC(=O)[C@H]2[C@@H](C(=O)O)[C@H]3CC[C@H]2C3=C(C)C)sc2c1CC[C@@H](C(C)(C)C)C2. The molecule has 0 spiro atoms. The number of carboxylic acids is 1. The Bertz CT molecular complexity index is 1040. The molecule has 2 saturated carbocycles. The van der Waals surface area contributed by atoms with Gasteiger partial charge in [0, 0.05) is 4.88 Å². The summed E-state index contributed by atoms with van der Waals surface area (Å²) in [7, 11) is 0. The fourth-order valence-corrected chi connectivity index (χ4v) is 7.95. The molecular weight excluding hydrogens is 450 g/mol. The van der Waals surface area contributed by atoms with Gasteiger partial charge in [-0.25, -0.2) is 4.79 Å². The van der Waals surface area contributed by atoms with Gasteiger partial charge in [-0.15, -0.1) is 11.3 Å². The summed E-state index contributed by atoms with van der Waals surface area (Å²) in [6.07, 6.45) is 4.31. The summed E-state index contributed by atoms with van der Waals surface area (Å²) in [5.41, 5.74) is 3.90. The zero-order valence-electron chi connectivity index (χ0n) is 21.1. The highest BCUT2D eigenvalue weighted by Crippen LogP contribution is 2.57. The number of anilines is 1. The maximum atomic E-state index is 13.6. The Kier molecular flexibility index (Phi) is 6.71. The van der Waals surface area contributed by atoms with E-state index in [1.54, 1.807) is 6.92 Å². The molecule has 0 radical (unpaired) electrons. The number of aliphatic carboxylic acids is 1. The van der Waals surface area contributed by atoms with E-state index in [4.69, 9.17) is 4.74 Å². The minimum Gasteiger partial charge on any atom is -0.481 e. The monoisotopic (exact) mass is 487 g/mol. The van der Waals surface area contributed by atoms with Gasteiger partial charge in [0.25, 0.3) is 0 Å². The Morgan fingerprint density at radius 3 is 2.29 bits per heavy atom. The van der Waals surface area contributed by atoms with E-state index in [2.05, 4.69) is 26.1 Å². The van der Waals surface area contributed by atoms with Crippen molar-refractivity contribution in [3.8, 4) is 0 Å². The minimum atomic E-state index is -0.907. The molecule has 5 atom stereocenters. The lowest BCUT2D eigenvalue weighted by atomic mass is 9.72. The van der Waals surface area contributed by atoms with Crippen LogP contribution in [0.2, 0.25) is 0 Å². The summed E-state index contributed by atoms with van der Waals surface area (Å²) in [5.74, 6) is -2.53. The number of rotatable bonds is 5. The van der Waals surface area contributed by atoms with Crippen LogP contribution in [0.4, 0.5) is 5.00 Å². The zero-order valence-corrected chi connectivity index (χ0v) is 21.9. The molecule has 1 aromatic heterocycles. The van der Waals surface area contributed by atoms with Gasteiger partial charge in [-0.3, -0.25) is 9.59 Å². The number of hydrogen-bond acceptors (Lipinski definition) is 5. The van der Waals surface area contributed by atoms with E-state index in [-0.39, 0.29) is 29.8 Å². The lowest BCUT2D eigenvalue weighted by Crippen LogP contribution is -2.38. The Balaban J connectivity index is 1.68. The van der Waals surface area contributed by atoms with Gasteiger partial charge in [-0.2, -0.15) is 0 Å². The maximum Gasteiger partial charge on any atom is 0.341 e. The van der Waals surface area contributed by atoms with Gasteiger partial charge in [-0.1, -0.05) is 31.9 Å². The number of carboxylic acid groups (broad SMARTS) is 1. The molecule has 6 nitrogen and oxygen atoms in total. The molecule has 2 fully saturated rings. The van der Waals surface area contributed by atoms with Crippen molar-refractivity contribution in [1.29, 1.82) is 0 Å². The number of carbonyl (C=O) groups excluding carboxylic acids is 2. The number of nitrogens with one attached hydrogen (secondary N) is 1. The zero-order chi connectivity index (χ0) is 24.9. The van der Waals surface area contributed by atoms with Crippen LogP contribution in [0.5, 0.6) is 0 Å². The number of amides is 1. The largest absolute Gasteiger partial charge is 0.481 e. The standard InChI is InChI=1S/C27H37NO5S/c1-7-33-26(32)22-15-9-8-14(27(4,5)6)12-18(15)34-24(22)28-23(29)20-16-10-11-17(19(16)13(2)3)21(20)25(30)31/h14,16-17,20-21H,7-12H2,1-6H3,(H,28,29)(H,30,31)/t14-,16+,17+,20-,21+/m1/s1. The summed E-state index contributed by atoms with van der Waals surface area (Å²) < 4.78 is 5.37. The summed E-state index contributed by atoms with van der Waals surface area (Å²) in [5, 5.41) is 13.5. The number of thiophene rings is 1. The number of fused-ring (bicyclic) bond motifs is 3. The third-order valence-corrected chi connectivity index (χ3v) is 9.38. The maximum absolute atomic E-state index is 13.6. The predicted molar refractivity (Wildman–Crippen MR) is 133 cm³/mol. The molecule has 2 N–H and O–H groups in total. The van der Waals surface area contributed by atoms with Gasteiger partial charge in [0.1, 0.15) is 5.00 Å². The first-order chi connectivity index (χ1) is 16.0. The number of esters is 1. The molecule has 186 valence electrons. The second-order valence-corrected chi connectivity index (χ2v) is 12.5. The molecule has 1 aromatic rings. The molecule has 34 heavy (non-hydrogen) atoms. The van der Waals surface area contributed by atoms with Crippen molar-refractivity contribution in [2.24, 2.45) is 35.0 Å². The second kappa shape index (κ2) is 9.14. The van der Waals surface area contributed by atoms with Crippen LogP contribution < -0.4 is 5.32 Å². The highest BCUT2D eigenvalue weighted by molar-refractivity contribution is 7.17. The Morgan fingerprint density at radius 2 is 1.74 bits per heavy atom. The van der Waals surface area contributed by atoms with Gasteiger partial charge in [0.2, 0.25) is 5.91 Å². The van der Waals surface area contributed by atoms with Gasteiger partial charge >= 0.3 is 11.9 Å². The lowest BCUT2D eigenvalue weighted by Gasteiger charge is -2.33. The molecule has 1 amide bonds. The number of allylic oxidation sites excluding steroid dienone is 2. The topological polar surface area (TPSA) is 92.7 Å². The van der Waals surface area contributed by atoms with E-state index >= 15 is 0 Å². The van der Waals surface area contributed by atoms with Crippen molar-refractivity contribution in [3.63, 3.8) is 0 Å². The van der Waals surface area contributed by atoms with Crippen molar-refractivity contribution in [2.45, 2.75) is 73.6 Å². The van der Waals surface area contributed by atoms with Crippen molar-refractivity contribution >= 4 is 34.2 Å². The van der Waals surface area contributed by atoms with Crippen molar-refractivity contribution in [3.05, 3.63) is 27.2 Å². The summed E-state index contributed by atoms with van der Waals surface area (Å²) in [4.78, 5) is 39.9. The van der Waals surface area contributed by atoms with E-state index < -0.39 is 23.8 Å². The van der Waals surface area contributed by atoms with Crippen LogP contribution in [-0.2, 0) is 27.2 Å². The van der Waals surface area contributed by atoms with E-state index in [1.807, 2.05) is 13.8 Å². The van der Waals surface area contributed by atoms with Crippen molar-refractivity contribution in [2.75, 3.05) is 11.9 Å². The molecule has 1 heterocycles. The normalized spacial score (nSPS) is 27.9. The first kappa shape index (κ1) is 25.0. The van der Waals surface area contributed by atoms with Crippen LogP contribution in [0.3, 0.4) is 0 Å². The molecule has 0 aliphatic heterocycles. The molecular formula is C27H37NO5S. The van der Waals surface area contributed by atoms with Crippen molar-refractivity contribution in [1.82, 2.24) is 0 Å². The van der Waals surface area contributed by atoms with Crippen LogP contribution in [-0.4, -0.2) is 29.6 Å². The third kappa shape index (κ3) is 4.21. The van der Waals surface area contributed by atoms with Crippen molar-refractivity contribution < 1.29 is 24.2 Å². The first-order valence-corrected chi connectivity index (χ1v) is 13.3. The molecule has 7 heteroatoms. The van der Waals surface area contributed by atoms with Crippen LogP contribution in [0.15, 0.2) is 11.1 Å². The summed E-state index contributed by atoms with van der Waals surface area (Å²) in [6, 6.07) is 0. The smallest absolute Gasteiger partial charge is 0.341 e. The predicted octanol–water partition coefficient (Wildman–Crippen LogP) is 5.71. The fraction of sp³-hybridized carbons (Fsp3) is 0.667. The van der Waals surface area contributed by atoms with Crippen LogP contribution in [0, 0.1) is 35.0 Å². The Hall–Kier alpha value is -2.15. The average Bonchev–Trinajstić information content (AvgIpc) is 3.41. The fourth-order valence-electron chi connectivity index (χ4n) is 6.63. The number of hydrogen-bond donors (Lipinski definition) is 2. The molecule has 0 unspecified atom stereocenters. The molecule has 3 aliphatic carbocycles. The quantitative estimate of drug-likeness (QED) is 0.410. The number of carbonyl (C=O) groups is 3.